The van der Waals surface area contributed by atoms with Crippen LogP contribution in [-0.2, 0) is 18.3 Å². The van der Waals surface area contributed by atoms with Crippen LogP contribution in [-0.4, -0.2) is 17.6 Å². The van der Waals surface area contributed by atoms with E-state index >= 15 is 0 Å². The lowest BCUT2D eigenvalue weighted by molar-refractivity contribution is -0.114. The quantitative estimate of drug-likeness (QED) is 0.921. The maximum Gasteiger partial charge on any atom is 0.221 e. The van der Waals surface area contributed by atoms with E-state index in [1.54, 1.807) is 7.11 Å². The van der Waals surface area contributed by atoms with Crippen LogP contribution in [0.5, 0.6) is 5.75 Å². The van der Waals surface area contributed by atoms with Gasteiger partial charge in [-0.3, -0.25) is 4.79 Å². The maximum absolute atomic E-state index is 11.4. The lowest BCUT2D eigenvalue weighted by Gasteiger charge is -2.11. The van der Waals surface area contributed by atoms with E-state index in [4.69, 9.17) is 4.74 Å². The molecule has 1 amide bonds. The second kappa shape index (κ2) is 4.96. The first kappa shape index (κ1) is 13.5. The first-order chi connectivity index (χ1) is 9.01. The number of rotatable bonds is 3. The smallest absolute Gasteiger partial charge is 0.221 e. The number of aromatic nitrogens is 1. The van der Waals surface area contributed by atoms with E-state index in [9.17, 15) is 4.79 Å². The highest BCUT2D eigenvalue weighted by molar-refractivity contribution is 6.05. The molecule has 0 atom stereocenters. The Balaban J connectivity index is 2.86. The zero-order valence-corrected chi connectivity index (χ0v) is 12.1. The highest BCUT2D eigenvalue weighted by atomic mass is 16.5. The maximum atomic E-state index is 11.4. The number of nitrogens with zero attached hydrogens (tertiary/aromatic N) is 1. The standard InChI is InChI=1S/C15H20N2O2/c1-6-11-9(2)17(4)12-7-8-13(19-5)15(14(11)12)16-10(3)18/h7-8H,6H2,1-5H3,(H,16,18). The summed E-state index contributed by atoms with van der Waals surface area (Å²) >= 11 is 0. The van der Waals surface area contributed by atoms with Gasteiger partial charge in [0.05, 0.1) is 18.3 Å². The summed E-state index contributed by atoms with van der Waals surface area (Å²) in [5, 5.41) is 3.99. The molecule has 0 saturated carbocycles. The van der Waals surface area contributed by atoms with E-state index in [-0.39, 0.29) is 5.91 Å². The molecule has 0 radical (unpaired) electrons. The molecule has 0 aliphatic heterocycles. The highest BCUT2D eigenvalue weighted by Gasteiger charge is 2.18. The van der Waals surface area contributed by atoms with Gasteiger partial charge in [0.2, 0.25) is 5.91 Å². The Bertz CT molecular complexity index is 641. The van der Waals surface area contributed by atoms with Crippen molar-refractivity contribution in [2.75, 3.05) is 12.4 Å². The molecule has 0 aliphatic rings. The van der Waals surface area contributed by atoms with E-state index in [1.807, 2.05) is 19.2 Å². The van der Waals surface area contributed by atoms with Crippen LogP contribution in [0.15, 0.2) is 12.1 Å². The second-order valence-electron chi connectivity index (χ2n) is 4.69. The number of benzene rings is 1. The topological polar surface area (TPSA) is 43.3 Å². The zero-order valence-electron chi connectivity index (χ0n) is 12.1. The molecule has 0 saturated heterocycles. The number of carbonyl (C=O) groups is 1. The molecule has 2 aromatic rings. The minimum absolute atomic E-state index is 0.0886. The van der Waals surface area contributed by atoms with Gasteiger partial charge in [-0.1, -0.05) is 6.92 Å². The highest BCUT2D eigenvalue weighted by Crippen LogP contribution is 2.38. The summed E-state index contributed by atoms with van der Waals surface area (Å²) < 4.78 is 7.53. The van der Waals surface area contributed by atoms with Gasteiger partial charge in [0.25, 0.3) is 0 Å². The van der Waals surface area contributed by atoms with Crippen molar-refractivity contribution in [2.45, 2.75) is 27.2 Å². The predicted octanol–water partition coefficient (Wildman–Crippen LogP) is 3.02. The third-order valence-corrected chi connectivity index (χ3v) is 3.62. The van der Waals surface area contributed by atoms with Gasteiger partial charge in [-0.15, -0.1) is 0 Å². The number of fused-ring (bicyclic) bond motifs is 1. The lowest BCUT2D eigenvalue weighted by atomic mass is 10.1. The van der Waals surface area contributed by atoms with Crippen LogP contribution >= 0.6 is 0 Å². The minimum atomic E-state index is -0.0886. The van der Waals surface area contributed by atoms with Crippen LogP contribution in [0.3, 0.4) is 0 Å². The number of nitrogens with one attached hydrogen (secondary N) is 1. The normalized spacial score (nSPS) is 10.8. The number of methoxy groups -OCH3 is 1. The van der Waals surface area contributed by atoms with E-state index in [1.165, 1.54) is 18.2 Å². The van der Waals surface area contributed by atoms with Crippen molar-refractivity contribution in [2.24, 2.45) is 7.05 Å². The number of amides is 1. The van der Waals surface area contributed by atoms with Crippen molar-refractivity contribution in [3.63, 3.8) is 0 Å². The second-order valence-corrected chi connectivity index (χ2v) is 4.69. The molecule has 1 aromatic carbocycles. The summed E-state index contributed by atoms with van der Waals surface area (Å²) in [6, 6.07) is 3.93. The number of hydrogen-bond donors (Lipinski definition) is 1. The molecule has 0 unspecified atom stereocenters. The fourth-order valence-corrected chi connectivity index (χ4v) is 2.62. The summed E-state index contributed by atoms with van der Waals surface area (Å²) in [4.78, 5) is 11.4. The predicted molar refractivity (Wildman–Crippen MR) is 77.9 cm³/mol. The molecule has 4 heteroatoms. The van der Waals surface area contributed by atoms with E-state index in [0.29, 0.717) is 5.75 Å². The van der Waals surface area contributed by atoms with Crippen LogP contribution in [0.1, 0.15) is 25.1 Å². The van der Waals surface area contributed by atoms with Crippen molar-refractivity contribution < 1.29 is 9.53 Å². The van der Waals surface area contributed by atoms with E-state index in [0.717, 1.165) is 23.0 Å². The monoisotopic (exact) mass is 260 g/mol. The number of anilines is 1. The Morgan fingerprint density at radius 3 is 2.63 bits per heavy atom. The Morgan fingerprint density at radius 1 is 1.42 bits per heavy atom. The molecule has 102 valence electrons. The molecule has 1 aromatic heterocycles. The van der Waals surface area contributed by atoms with Gasteiger partial charge >= 0.3 is 0 Å². The van der Waals surface area contributed by atoms with Gasteiger partial charge in [0.15, 0.2) is 0 Å². The summed E-state index contributed by atoms with van der Waals surface area (Å²) in [7, 11) is 3.66. The Labute approximate surface area is 113 Å². The molecule has 19 heavy (non-hydrogen) atoms. The van der Waals surface area contributed by atoms with Gasteiger partial charge in [0, 0.05) is 25.1 Å². The van der Waals surface area contributed by atoms with Gasteiger partial charge < -0.3 is 14.6 Å². The van der Waals surface area contributed by atoms with Crippen LogP contribution in [0.25, 0.3) is 10.9 Å². The molecule has 1 heterocycles. The molecular formula is C15H20N2O2. The summed E-state index contributed by atoms with van der Waals surface area (Å²) in [6.45, 7) is 5.74. The average molecular weight is 260 g/mol. The summed E-state index contributed by atoms with van der Waals surface area (Å²) in [5.74, 6) is 0.609. The van der Waals surface area contributed by atoms with Crippen molar-refractivity contribution in [1.82, 2.24) is 4.57 Å². The molecular weight excluding hydrogens is 240 g/mol. The number of aryl methyl sites for hydroxylation is 2. The average Bonchev–Trinajstić information content (AvgIpc) is 2.62. The molecule has 4 nitrogen and oxygen atoms in total. The molecule has 0 aliphatic carbocycles. The van der Waals surface area contributed by atoms with Crippen molar-refractivity contribution >= 4 is 22.5 Å². The third kappa shape index (κ3) is 2.07. The van der Waals surface area contributed by atoms with Gasteiger partial charge in [-0.2, -0.15) is 0 Å². The number of ether oxygens (including phenoxy) is 1. The van der Waals surface area contributed by atoms with Crippen LogP contribution < -0.4 is 10.1 Å². The number of hydrogen-bond acceptors (Lipinski definition) is 2. The minimum Gasteiger partial charge on any atom is -0.495 e. The lowest BCUT2D eigenvalue weighted by Crippen LogP contribution is -2.08. The number of carbonyl (C=O) groups excluding carboxylic acids is 1. The molecule has 1 N–H and O–H groups in total. The van der Waals surface area contributed by atoms with Gasteiger partial charge in [-0.05, 0) is 31.0 Å². The summed E-state index contributed by atoms with van der Waals surface area (Å²) in [6.07, 6.45) is 0.920. The zero-order chi connectivity index (χ0) is 14.2. The fourth-order valence-electron chi connectivity index (χ4n) is 2.62. The van der Waals surface area contributed by atoms with Gasteiger partial charge in [-0.25, -0.2) is 0 Å². The first-order valence-corrected chi connectivity index (χ1v) is 6.43. The van der Waals surface area contributed by atoms with Gasteiger partial charge in [0.1, 0.15) is 5.75 Å². The van der Waals surface area contributed by atoms with E-state index in [2.05, 4.69) is 23.7 Å². The molecule has 2 rings (SSSR count). The molecule has 0 fully saturated rings. The Hall–Kier alpha value is -1.97. The molecule has 0 bridgehead atoms. The third-order valence-electron chi connectivity index (χ3n) is 3.62. The summed E-state index contributed by atoms with van der Waals surface area (Å²) in [5.41, 5.74) is 4.35. The van der Waals surface area contributed by atoms with Crippen molar-refractivity contribution in [3.05, 3.63) is 23.4 Å². The van der Waals surface area contributed by atoms with Crippen LogP contribution in [0.2, 0.25) is 0 Å². The van der Waals surface area contributed by atoms with Crippen molar-refractivity contribution in [1.29, 1.82) is 0 Å². The Kier molecular flexibility index (Phi) is 3.51. The van der Waals surface area contributed by atoms with E-state index < -0.39 is 0 Å². The first-order valence-electron chi connectivity index (χ1n) is 6.43. The van der Waals surface area contributed by atoms with Crippen LogP contribution in [0, 0.1) is 6.92 Å². The van der Waals surface area contributed by atoms with Crippen molar-refractivity contribution in [3.8, 4) is 5.75 Å². The fraction of sp³-hybridized carbons (Fsp3) is 0.400. The van der Waals surface area contributed by atoms with Crippen LogP contribution in [0.4, 0.5) is 5.69 Å². The molecule has 0 spiro atoms. The SMILES string of the molecule is CCc1c(C)n(C)c2ccc(OC)c(NC(C)=O)c12. The largest absolute Gasteiger partial charge is 0.495 e. The Morgan fingerprint density at radius 2 is 2.11 bits per heavy atom.